The van der Waals surface area contributed by atoms with Crippen molar-refractivity contribution in [2.45, 2.75) is 24.9 Å². The van der Waals surface area contributed by atoms with Crippen LogP contribution in [0.3, 0.4) is 0 Å². The number of carbonyl (C=O) groups excluding carboxylic acids is 1. The van der Waals surface area contributed by atoms with E-state index in [1.807, 2.05) is 0 Å². The van der Waals surface area contributed by atoms with Crippen LogP contribution in [-0.2, 0) is 17.4 Å². The van der Waals surface area contributed by atoms with Gasteiger partial charge >= 0.3 is 6.18 Å². The maximum absolute atomic E-state index is 13.0. The highest BCUT2D eigenvalue weighted by Crippen LogP contribution is 2.32. The van der Waals surface area contributed by atoms with E-state index < -0.39 is 24.1 Å². The summed E-state index contributed by atoms with van der Waals surface area (Å²) in [7, 11) is 0. The van der Waals surface area contributed by atoms with Gasteiger partial charge in [-0.3, -0.25) is 14.9 Å². The lowest BCUT2D eigenvalue weighted by atomic mass is 10.0. The van der Waals surface area contributed by atoms with Crippen LogP contribution in [0.4, 0.5) is 18.9 Å². The summed E-state index contributed by atoms with van der Waals surface area (Å²) in [5.41, 5.74) is 0.289. The minimum Gasteiger partial charge on any atom is -0.323 e. The van der Waals surface area contributed by atoms with Gasteiger partial charge < -0.3 is 10.6 Å². The summed E-state index contributed by atoms with van der Waals surface area (Å²) < 4.78 is 38.9. The molecule has 1 aliphatic rings. The molecule has 1 fully saturated rings. The molecule has 1 unspecified atom stereocenters. The van der Waals surface area contributed by atoms with Gasteiger partial charge in [-0.15, -0.1) is 0 Å². The standard InChI is InChI=1S/C15H16F3N5O/c16-15(17,18)11-2-4-20-7-10(11)5-13(24)22-12-8-21-23-14(12)9-1-3-19-6-9/h2,4,7-9,19H,1,3,5-6H2,(H,21,23)(H,22,24). The maximum Gasteiger partial charge on any atom is 0.416 e. The number of hydrogen-bond acceptors (Lipinski definition) is 4. The van der Waals surface area contributed by atoms with Crippen molar-refractivity contribution in [1.82, 2.24) is 20.5 Å². The van der Waals surface area contributed by atoms with Gasteiger partial charge in [0.25, 0.3) is 0 Å². The molecular weight excluding hydrogens is 323 g/mol. The van der Waals surface area contributed by atoms with Crippen LogP contribution in [0.2, 0.25) is 0 Å². The monoisotopic (exact) mass is 339 g/mol. The summed E-state index contributed by atoms with van der Waals surface area (Å²) in [5.74, 6) is -0.339. The summed E-state index contributed by atoms with van der Waals surface area (Å²) in [6, 6.07) is 0.871. The molecule has 1 saturated heterocycles. The Balaban J connectivity index is 1.72. The van der Waals surface area contributed by atoms with Crippen LogP contribution in [0.5, 0.6) is 0 Å². The molecule has 128 valence electrons. The summed E-state index contributed by atoms with van der Waals surface area (Å²) in [5, 5.41) is 12.6. The molecule has 24 heavy (non-hydrogen) atoms. The lowest BCUT2D eigenvalue weighted by molar-refractivity contribution is -0.138. The molecule has 3 heterocycles. The Morgan fingerprint density at radius 1 is 1.38 bits per heavy atom. The van der Waals surface area contributed by atoms with Gasteiger partial charge in [-0.05, 0) is 24.6 Å². The van der Waals surface area contributed by atoms with Gasteiger partial charge in [0.1, 0.15) is 0 Å². The fourth-order valence-corrected chi connectivity index (χ4v) is 2.82. The van der Waals surface area contributed by atoms with Crippen molar-refractivity contribution in [1.29, 1.82) is 0 Å². The Labute approximate surface area is 135 Å². The second-order valence-electron chi connectivity index (χ2n) is 5.64. The predicted octanol–water partition coefficient (Wildman–Crippen LogP) is 2.08. The smallest absolute Gasteiger partial charge is 0.323 e. The van der Waals surface area contributed by atoms with Gasteiger partial charge in [0.15, 0.2) is 0 Å². The molecule has 0 aromatic carbocycles. The average molecular weight is 339 g/mol. The minimum atomic E-state index is -4.52. The SMILES string of the molecule is O=C(Cc1cnccc1C(F)(F)F)Nc1cn[nH]c1C1CCNC1. The molecule has 6 nitrogen and oxygen atoms in total. The Morgan fingerprint density at radius 2 is 2.21 bits per heavy atom. The molecule has 0 aliphatic carbocycles. The van der Waals surface area contributed by atoms with E-state index in [9.17, 15) is 18.0 Å². The number of pyridine rings is 1. The van der Waals surface area contributed by atoms with Crippen LogP contribution in [-0.4, -0.2) is 34.2 Å². The largest absolute Gasteiger partial charge is 0.416 e. The van der Waals surface area contributed by atoms with Crippen LogP contribution in [0.25, 0.3) is 0 Å². The number of carbonyl (C=O) groups is 1. The highest BCUT2D eigenvalue weighted by atomic mass is 19.4. The van der Waals surface area contributed by atoms with Gasteiger partial charge in [-0.25, -0.2) is 0 Å². The third-order valence-corrected chi connectivity index (χ3v) is 3.97. The third-order valence-electron chi connectivity index (χ3n) is 3.97. The molecule has 2 aromatic rings. The highest BCUT2D eigenvalue weighted by molar-refractivity contribution is 5.92. The normalized spacial score (nSPS) is 17.9. The fourth-order valence-electron chi connectivity index (χ4n) is 2.82. The Hall–Kier alpha value is -2.42. The number of alkyl halides is 3. The van der Waals surface area contributed by atoms with Gasteiger partial charge in [0, 0.05) is 24.9 Å². The number of H-pyrrole nitrogens is 1. The lowest BCUT2D eigenvalue weighted by Gasteiger charge is -2.13. The zero-order valence-corrected chi connectivity index (χ0v) is 12.7. The van der Waals surface area contributed by atoms with E-state index in [4.69, 9.17) is 0 Å². The van der Waals surface area contributed by atoms with Crippen molar-refractivity contribution >= 4 is 11.6 Å². The first-order valence-corrected chi connectivity index (χ1v) is 7.49. The van der Waals surface area contributed by atoms with Crippen molar-refractivity contribution in [2.75, 3.05) is 18.4 Å². The van der Waals surface area contributed by atoms with Crippen molar-refractivity contribution in [3.8, 4) is 0 Å². The first-order valence-electron chi connectivity index (χ1n) is 7.49. The zero-order valence-electron chi connectivity index (χ0n) is 12.7. The van der Waals surface area contributed by atoms with Crippen LogP contribution in [0.15, 0.2) is 24.7 Å². The quantitative estimate of drug-likeness (QED) is 0.796. The van der Waals surface area contributed by atoms with E-state index in [0.29, 0.717) is 5.69 Å². The average Bonchev–Trinajstić information content (AvgIpc) is 3.17. The summed E-state index contributed by atoms with van der Waals surface area (Å²) in [6.07, 6.45) is -0.415. The second kappa shape index (κ2) is 6.60. The number of aromatic amines is 1. The molecule has 3 rings (SSSR count). The Morgan fingerprint density at radius 3 is 2.92 bits per heavy atom. The first-order chi connectivity index (χ1) is 11.4. The van der Waals surface area contributed by atoms with Gasteiger partial charge in [-0.2, -0.15) is 18.3 Å². The van der Waals surface area contributed by atoms with Crippen molar-refractivity contribution in [2.24, 2.45) is 0 Å². The molecular formula is C15H16F3N5O. The Kier molecular flexibility index (Phi) is 4.52. The molecule has 9 heteroatoms. The van der Waals surface area contributed by atoms with Gasteiger partial charge in [0.2, 0.25) is 5.91 Å². The number of halogens is 3. The second-order valence-corrected chi connectivity index (χ2v) is 5.64. The van der Waals surface area contributed by atoms with Gasteiger partial charge in [0.05, 0.1) is 29.6 Å². The number of nitrogens with zero attached hydrogens (tertiary/aromatic N) is 2. The van der Waals surface area contributed by atoms with E-state index >= 15 is 0 Å². The highest BCUT2D eigenvalue weighted by Gasteiger charge is 2.33. The van der Waals surface area contributed by atoms with Crippen molar-refractivity contribution in [3.05, 3.63) is 41.5 Å². The first kappa shape index (κ1) is 16.4. The summed E-state index contributed by atoms with van der Waals surface area (Å²) in [4.78, 5) is 15.8. The van der Waals surface area contributed by atoms with E-state index in [-0.39, 0.29) is 11.5 Å². The van der Waals surface area contributed by atoms with E-state index in [1.54, 1.807) is 0 Å². The number of rotatable bonds is 4. The predicted molar refractivity (Wildman–Crippen MR) is 80.4 cm³/mol. The third kappa shape index (κ3) is 3.56. The number of aromatic nitrogens is 3. The molecule has 1 amide bonds. The van der Waals surface area contributed by atoms with E-state index in [0.717, 1.165) is 43.7 Å². The van der Waals surface area contributed by atoms with E-state index in [1.165, 1.54) is 6.20 Å². The number of anilines is 1. The summed E-state index contributed by atoms with van der Waals surface area (Å²) in [6.45, 7) is 1.65. The van der Waals surface area contributed by atoms with Crippen LogP contribution in [0.1, 0.15) is 29.2 Å². The number of hydrogen-bond donors (Lipinski definition) is 3. The Bertz CT molecular complexity index is 722. The molecule has 0 bridgehead atoms. The zero-order chi connectivity index (χ0) is 17.2. The molecule has 0 spiro atoms. The van der Waals surface area contributed by atoms with Gasteiger partial charge in [-0.1, -0.05) is 0 Å². The minimum absolute atomic E-state index is 0.157. The van der Waals surface area contributed by atoms with Crippen LogP contribution in [0, 0.1) is 0 Å². The lowest BCUT2D eigenvalue weighted by Crippen LogP contribution is -2.19. The number of nitrogens with one attached hydrogen (secondary N) is 3. The summed E-state index contributed by atoms with van der Waals surface area (Å²) >= 11 is 0. The molecule has 0 saturated carbocycles. The van der Waals surface area contributed by atoms with Crippen molar-refractivity contribution < 1.29 is 18.0 Å². The fraction of sp³-hybridized carbons (Fsp3) is 0.400. The number of amides is 1. The molecule has 0 radical (unpaired) electrons. The van der Waals surface area contributed by atoms with Crippen molar-refractivity contribution in [3.63, 3.8) is 0 Å². The maximum atomic E-state index is 13.0. The molecule has 1 atom stereocenters. The molecule has 3 N–H and O–H groups in total. The van der Waals surface area contributed by atoms with E-state index in [2.05, 4.69) is 25.8 Å². The van der Waals surface area contributed by atoms with Crippen LogP contribution < -0.4 is 10.6 Å². The van der Waals surface area contributed by atoms with Crippen LogP contribution >= 0.6 is 0 Å². The molecule has 2 aromatic heterocycles. The topological polar surface area (TPSA) is 82.7 Å². The molecule has 1 aliphatic heterocycles.